The lowest BCUT2D eigenvalue weighted by atomic mass is 9.97. The molecule has 1 aromatic rings. The van der Waals surface area contributed by atoms with E-state index in [0.717, 1.165) is 24.1 Å². The van der Waals surface area contributed by atoms with Crippen molar-refractivity contribution in [3.63, 3.8) is 0 Å². The number of phenolic OH excluding ortho intramolecular Hbond substituents is 1. The Balaban J connectivity index is 2.03. The highest BCUT2D eigenvalue weighted by atomic mass is 16.3. The second-order valence-electron chi connectivity index (χ2n) is 4.48. The minimum Gasteiger partial charge on any atom is -0.508 e. The Morgan fingerprint density at radius 3 is 2.93 bits per heavy atom. The number of phenols is 1. The molecular formula is C13H19NO. The van der Waals surface area contributed by atoms with Crippen molar-refractivity contribution in [1.82, 2.24) is 5.32 Å². The first-order valence-corrected chi connectivity index (χ1v) is 5.77. The minimum atomic E-state index is 0.447. The van der Waals surface area contributed by atoms with E-state index in [1.165, 1.54) is 19.3 Å². The molecule has 1 aliphatic rings. The second kappa shape index (κ2) is 4.67. The van der Waals surface area contributed by atoms with Gasteiger partial charge in [-0.2, -0.15) is 0 Å². The summed E-state index contributed by atoms with van der Waals surface area (Å²) in [5.41, 5.74) is 2.19. The molecule has 1 aromatic carbocycles. The van der Waals surface area contributed by atoms with Crippen LogP contribution in [0.25, 0.3) is 0 Å². The molecule has 1 saturated heterocycles. The van der Waals surface area contributed by atoms with E-state index in [2.05, 4.69) is 11.4 Å². The summed E-state index contributed by atoms with van der Waals surface area (Å²) in [6.45, 7) is 3.12. The zero-order valence-electron chi connectivity index (χ0n) is 9.29. The summed E-state index contributed by atoms with van der Waals surface area (Å²) in [6, 6.07) is 6.50. The lowest BCUT2D eigenvalue weighted by Gasteiger charge is -2.23. The Hall–Kier alpha value is -1.02. The molecule has 1 heterocycles. The van der Waals surface area contributed by atoms with Crippen molar-refractivity contribution in [2.75, 3.05) is 6.54 Å². The summed E-state index contributed by atoms with van der Waals surface area (Å²) in [5.74, 6) is 0.447. The highest BCUT2D eigenvalue weighted by Crippen LogP contribution is 2.22. The summed E-state index contributed by atoms with van der Waals surface area (Å²) in [5, 5.41) is 13.3. The smallest absolute Gasteiger partial charge is 0.119 e. The van der Waals surface area contributed by atoms with E-state index in [1.54, 1.807) is 0 Å². The fraction of sp³-hybridized carbons (Fsp3) is 0.538. The Kier molecular flexibility index (Phi) is 3.27. The molecule has 0 radical (unpaired) electrons. The zero-order chi connectivity index (χ0) is 10.7. The molecule has 1 aliphatic heterocycles. The Morgan fingerprint density at radius 1 is 1.40 bits per heavy atom. The molecule has 0 aliphatic carbocycles. The quantitative estimate of drug-likeness (QED) is 0.777. The average Bonchev–Trinajstić information content (AvgIpc) is 2.24. The largest absolute Gasteiger partial charge is 0.508 e. The molecule has 0 amide bonds. The van der Waals surface area contributed by atoms with Gasteiger partial charge < -0.3 is 10.4 Å². The van der Waals surface area contributed by atoms with Crippen molar-refractivity contribution in [2.24, 2.45) is 0 Å². The summed E-state index contributed by atoms with van der Waals surface area (Å²) >= 11 is 0. The van der Waals surface area contributed by atoms with Crippen LogP contribution in [0.15, 0.2) is 18.2 Å². The van der Waals surface area contributed by atoms with E-state index < -0.39 is 0 Å². The number of rotatable bonds is 2. The number of benzene rings is 1. The highest BCUT2D eigenvalue weighted by molar-refractivity contribution is 5.36. The van der Waals surface area contributed by atoms with Crippen molar-refractivity contribution in [1.29, 1.82) is 0 Å². The average molecular weight is 205 g/mol. The summed E-state index contributed by atoms with van der Waals surface area (Å²) in [6.07, 6.45) is 4.78. The number of hydrogen-bond acceptors (Lipinski definition) is 2. The molecule has 2 rings (SSSR count). The van der Waals surface area contributed by atoms with Crippen LogP contribution in [0.4, 0.5) is 0 Å². The number of nitrogens with one attached hydrogen (secondary N) is 1. The normalized spacial score (nSPS) is 21.5. The Labute approximate surface area is 91.3 Å². The molecule has 2 N–H and O–H groups in total. The van der Waals surface area contributed by atoms with Crippen LogP contribution in [-0.2, 0) is 6.42 Å². The van der Waals surface area contributed by atoms with Crippen LogP contribution in [-0.4, -0.2) is 17.7 Å². The van der Waals surface area contributed by atoms with Gasteiger partial charge in [0, 0.05) is 6.04 Å². The van der Waals surface area contributed by atoms with Crippen LogP contribution in [0.2, 0.25) is 0 Å². The predicted octanol–water partition coefficient (Wildman–Crippen LogP) is 2.39. The van der Waals surface area contributed by atoms with Crippen molar-refractivity contribution in [3.8, 4) is 5.75 Å². The summed E-state index contributed by atoms with van der Waals surface area (Å²) in [7, 11) is 0. The van der Waals surface area contributed by atoms with Crippen molar-refractivity contribution < 1.29 is 5.11 Å². The first kappa shape index (κ1) is 10.5. The molecule has 1 unspecified atom stereocenters. The molecule has 2 nitrogen and oxygen atoms in total. The van der Waals surface area contributed by atoms with Gasteiger partial charge in [-0.25, -0.2) is 0 Å². The Bertz CT molecular complexity index is 329. The third-order valence-corrected chi connectivity index (χ3v) is 3.12. The zero-order valence-corrected chi connectivity index (χ0v) is 9.29. The van der Waals surface area contributed by atoms with Gasteiger partial charge in [-0.15, -0.1) is 0 Å². The van der Waals surface area contributed by atoms with E-state index in [1.807, 2.05) is 19.1 Å². The van der Waals surface area contributed by atoms with Crippen molar-refractivity contribution >= 4 is 0 Å². The maximum Gasteiger partial charge on any atom is 0.119 e. The predicted molar refractivity (Wildman–Crippen MR) is 62.2 cm³/mol. The van der Waals surface area contributed by atoms with Gasteiger partial charge in [-0.1, -0.05) is 18.6 Å². The van der Waals surface area contributed by atoms with E-state index in [9.17, 15) is 5.11 Å². The van der Waals surface area contributed by atoms with Gasteiger partial charge >= 0.3 is 0 Å². The van der Waals surface area contributed by atoms with Gasteiger partial charge in [0.05, 0.1) is 0 Å². The maximum atomic E-state index is 9.79. The standard InChI is InChI=1S/C13H19NO/c1-10-5-6-11(13(15)8-10)9-12-4-2-3-7-14-12/h5-6,8,12,14-15H,2-4,7,9H2,1H3. The molecule has 0 spiro atoms. The van der Waals surface area contributed by atoms with E-state index in [0.29, 0.717) is 11.8 Å². The molecule has 0 saturated carbocycles. The fourth-order valence-electron chi connectivity index (χ4n) is 2.21. The topological polar surface area (TPSA) is 32.3 Å². The van der Waals surface area contributed by atoms with Gasteiger partial charge in [0.15, 0.2) is 0 Å². The lowest BCUT2D eigenvalue weighted by molar-refractivity contribution is 0.391. The Morgan fingerprint density at radius 2 is 2.27 bits per heavy atom. The maximum absolute atomic E-state index is 9.79. The molecule has 0 aromatic heterocycles. The first-order valence-electron chi connectivity index (χ1n) is 5.77. The van der Waals surface area contributed by atoms with Gasteiger partial charge in [-0.3, -0.25) is 0 Å². The highest BCUT2D eigenvalue weighted by Gasteiger charge is 2.14. The molecular weight excluding hydrogens is 186 g/mol. The summed E-state index contributed by atoms with van der Waals surface area (Å²) in [4.78, 5) is 0. The van der Waals surface area contributed by atoms with Crippen LogP contribution in [0.1, 0.15) is 30.4 Å². The van der Waals surface area contributed by atoms with Crippen LogP contribution in [0.3, 0.4) is 0 Å². The van der Waals surface area contributed by atoms with Gasteiger partial charge in [-0.05, 0) is 49.9 Å². The van der Waals surface area contributed by atoms with Crippen molar-refractivity contribution in [2.45, 2.75) is 38.6 Å². The number of aromatic hydroxyl groups is 1. The van der Waals surface area contributed by atoms with E-state index in [4.69, 9.17) is 0 Å². The third-order valence-electron chi connectivity index (χ3n) is 3.12. The van der Waals surface area contributed by atoms with E-state index in [-0.39, 0.29) is 0 Å². The monoisotopic (exact) mass is 205 g/mol. The van der Waals surface area contributed by atoms with Gasteiger partial charge in [0.2, 0.25) is 0 Å². The minimum absolute atomic E-state index is 0.447. The molecule has 2 heteroatoms. The molecule has 0 bridgehead atoms. The van der Waals surface area contributed by atoms with E-state index >= 15 is 0 Å². The fourth-order valence-corrected chi connectivity index (χ4v) is 2.21. The SMILES string of the molecule is Cc1ccc(CC2CCCCN2)c(O)c1. The number of hydrogen-bond donors (Lipinski definition) is 2. The van der Waals surface area contributed by atoms with Gasteiger partial charge in [0.1, 0.15) is 5.75 Å². The molecule has 15 heavy (non-hydrogen) atoms. The first-order chi connectivity index (χ1) is 7.25. The van der Waals surface area contributed by atoms with Crippen LogP contribution in [0.5, 0.6) is 5.75 Å². The van der Waals surface area contributed by atoms with Gasteiger partial charge in [0.25, 0.3) is 0 Å². The van der Waals surface area contributed by atoms with Crippen molar-refractivity contribution in [3.05, 3.63) is 29.3 Å². The molecule has 82 valence electrons. The molecule has 1 atom stereocenters. The molecule has 1 fully saturated rings. The number of aryl methyl sites for hydroxylation is 1. The lowest BCUT2D eigenvalue weighted by Crippen LogP contribution is -2.35. The van der Waals surface area contributed by atoms with Crippen LogP contribution < -0.4 is 5.32 Å². The number of piperidine rings is 1. The van der Waals surface area contributed by atoms with Crippen LogP contribution in [0, 0.1) is 6.92 Å². The second-order valence-corrected chi connectivity index (χ2v) is 4.48. The third kappa shape index (κ3) is 2.72. The van der Waals surface area contributed by atoms with Crippen LogP contribution >= 0.6 is 0 Å². The summed E-state index contributed by atoms with van der Waals surface area (Å²) < 4.78 is 0.